The van der Waals surface area contributed by atoms with Crippen molar-refractivity contribution in [1.82, 2.24) is 0 Å². The van der Waals surface area contributed by atoms with Crippen LogP contribution in [0.2, 0.25) is 0 Å². The Labute approximate surface area is 72.6 Å². The van der Waals surface area contributed by atoms with E-state index >= 15 is 0 Å². The van der Waals surface area contributed by atoms with Gasteiger partial charge in [-0.2, -0.15) is 0 Å². The highest BCUT2D eigenvalue weighted by molar-refractivity contribution is 5.91. The Bertz CT molecular complexity index is 253. The van der Waals surface area contributed by atoms with E-state index in [2.05, 4.69) is 6.92 Å². The molecule has 2 nitrogen and oxygen atoms in total. The Morgan fingerprint density at radius 1 is 1.50 bits per heavy atom. The molecule has 0 saturated heterocycles. The summed E-state index contributed by atoms with van der Waals surface area (Å²) in [4.78, 5) is 11.2. The lowest BCUT2D eigenvalue weighted by Gasteiger charge is -2.24. The summed E-state index contributed by atoms with van der Waals surface area (Å²) in [7, 11) is 0. The van der Waals surface area contributed by atoms with Crippen molar-refractivity contribution < 1.29 is 9.53 Å². The number of ether oxygens (including phenoxy) is 1. The Morgan fingerprint density at radius 2 is 2.25 bits per heavy atom. The fourth-order valence-corrected chi connectivity index (χ4v) is 2.09. The average molecular weight is 166 g/mol. The highest BCUT2D eigenvalue weighted by Crippen LogP contribution is 2.36. The predicted octanol–water partition coefficient (Wildman–Crippen LogP) is 2.05. The molecule has 1 heterocycles. The minimum atomic E-state index is -0.0934. The van der Waals surface area contributed by atoms with Gasteiger partial charge in [-0.1, -0.05) is 6.92 Å². The second kappa shape index (κ2) is 2.61. The largest absolute Gasteiger partial charge is 0.454 e. The third-order valence-electron chi connectivity index (χ3n) is 2.95. The zero-order valence-electron chi connectivity index (χ0n) is 7.59. The van der Waals surface area contributed by atoms with Crippen LogP contribution in [0.5, 0.6) is 0 Å². The van der Waals surface area contributed by atoms with Crippen LogP contribution in [0.3, 0.4) is 0 Å². The third kappa shape index (κ3) is 1.06. The summed E-state index contributed by atoms with van der Waals surface area (Å²) in [6, 6.07) is 0. The van der Waals surface area contributed by atoms with E-state index in [-0.39, 0.29) is 12.1 Å². The molecule has 0 aromatic heterocycles. The van der Waals surface area contributed by atoms with E-state index in [1.165, 1.54) is 12.0 Å². The first-order chi connectivity index (χ1) is 5.68. The molecule has 0 aromatic rings. The maximum Gasteiger partial charge on any atom is 0.334 e. The van der Waals surface area contributed by atoms with Crippen LogP contribution in [-0.2, 0) is 9.53 Å². The zero-order valence-corrected chi connectivity index (χ0v) is 7.59. The lowest BCUT2D eigenvalue weighted by Crippen LogP contribution is -2.20. The molecule has 0 bridgehead atoms. The summed E-state index contributed by atoms with van der Waals surface area (Å²) >= 11 is 0. The molecule has 1 saturated carbocycles. The van der Waals surface area contributed by atoms with E-state index in [0.29, 0.717) is 5.92 Å². The fraction of sp³-hybridized carbons (Fsp3) is 0.700. The summed E-state index contributed by atoms with van der Waals surface area (Å²) in [5, 5.41) is 0. The minimum absolute atomic E-state index is 0.0934. The normalized spacial score (nSPS) is 35.0. The van der Waals surface area contributed by atoms with Gasteiger partial charge in [-0.3, -0.25) is 0 Å². The highest BCUT2D eigenvalue weighted by atomic mass is 16.5. The first kappa shape index (κ1) is 7.84. The first-order valence-corrected chi connectivity index (χ1v) is 4.59. The number of rotatable bonds is 0. The number of hydrogen-bond donors (Lipinski definition) is 0. The molecule has 1 unspecified atom stereocenters. The molecule has 2 rings (SSSR count). The van der Waals surface area contributed by atoms with Gasteiger partial charge in [0.05, 0.1) is 0 Å². The topological polar surface area (TPSA) is 26.3 Å². The molecule has 2 aliphatic rings. The van der Waals surface area contributed by atoms with Crippen LogP contribution in [0.1, 0.15) is 33.1 Å². The molecule has 66 valence electrons. The van der Waals surface area contributed by atoms with Crippen molar-refractivity contribution in [2.45, 2.75) is 39.2 Å². The predicted molar refractivity (Wildman–Crippen MR) is 45.6 cm³/mol. The van der Waals surface area contributed by atoms with Crippen molar-refractivity contribution >= 4 is 5.97 Å². The number of esters is 1. The summed E-state index contributed by atoms with van der Waals surface area (Å²) in [5.41, 5.74) is 2.13. The van der Waals surface area contributed by atoms with Crippen LogP contribution < -0.4 is 0 Å². The molecule has 2 heteroatoms. The summed E-state index contributed by atoms with van der Waals surface area (Å²) in [6.45, 7) is 4.10. The number of fused-ring (bicyclic) bond motifs is 1. The van der Waals surface area contributed by atoms with E-state index in [4.69, 9.17) is 4.74 Å². The molecule has 0 N–H and O–H groups in total. The smallest absolute Gasteiger partial charge is 0.334 e. The van der Waals surface area contributed by atoms with Crippen molar-refractivity contribution in [1.29, 1.82) is 0 Å². The Kier molecular flexibility index (Phi) is 1.71. The lowest BCUT2D eigenvalue weighted by molar-refractivity contribution is -0.140. The fourth-order valence-electron chi connectivity index (χ4n) is 2.09. The van der Waals surface area contributed by atoms with Gasteiger partial charge >= 0.3 is 5.97 Å². The molecule has 0 amide bonds. The number of hydrogen-bond acceptors (Lipinski definition) is 2. The van der Waals surface area contributed by atoms with Crippen molar-refractivity contribution in [3.05, 3.63) is 11.1 Å². The zero-order chi connectivity index (χ0) is 8.72. The van der Waals surface area contributed by atoms with E-state index in [1.54, 1.807) is 0 Å². The van der Waals surface area contributed by atoms with Crippen molar-refractivity contribution in [2.24, 2.45) is 5.92 Å². The van der Waals surface area contributed by atoms with Crippen LogP contribution in [0, 0.1) is 5.92 Å². The number of carbonyl (C=O) groups is 1. The van der Waals surface area contributed by atoms with Crippen molar-refractivity contribution in [3.63, 3.8) is 0 Å². The maximum atomic E-state index is 11.2. The summed E-state index contributed by atoms with van der Waals surface area (Å²) in [6.07, 6.45) is 3.42. The highest BCUT2D eigenvalue weighted by Gasteiger charge is 2.34. The van der Waals surface area contributed by atoms with Gasteiger partial charge in [0.25, 0.3) is 0 Å². The molecule has 0 radical (unpaired) electrons. The van der Waals surface area contributed by atoms with E-state index in [9.17, 15) is 4.79 Å². The van der Waals surface area contributed by atoms with Crippen LogP contribution in [0.4, 0.5) is 0 Å². The van der Waals surface area contributed by atoms with Gasteiger partial charge in [0.2, 0.25) is 0 Å². The van der Waals surface area contributed by atoms with Gasteiger partial charge in [0.15, 0.2) is 0 Å². The van der Waals surface area contributed by atoms with Crippen LogP contribution >= 0.6 is 0 Å². The van der Waals surface area contributed by atoms with E-state index in [0.717, 1.165) is 18.4 Å². The van der Waals surface area contributed by atoms with Gasteiger partial charge < -0.3 is 4.74 Å². The first-order valence-electron chi connectivity index (χ1n) is 4.59. The Balaban J connectivity index is 2.23. The molecule has 1 aliphatic heterocycles. The van der Waals surface area contributed by atoms with Gasteiger partial charge in [-0.05, 0) is 37.7 Å². The molecule has 1 aliphatic carbocycles. The van der Waals surface area contributed by atoms with Gasteiger partial charge in [0.1, 0.15) is 6.10 Å². The standard InChI is InChI=1S/C10H14O2/c1-6-3-4-8-7(2)10(11)12-9(8)5-6/h6,9H,3-5H2,1-2H3/t6-,9?/m1/s1. The summed E-state index contributed by atoms with van der Waals surface area (Å²) in [5.74, 6) is 0.613. The van der Waals surface area contributed by atoms with E-state index < -0.39 is 0 Å². The van der Waals surface area contributed by atoms with E-state index in [1.807, 2.05) is 6.92 Å². The Hall–Kier alpha value is -0.790. The average Bonchev–Trinajstić information content (AvgIpc) is 2.28. The van der Waals surface area contributed by atoms with Gasteiger partial charge in [-0.15, -0.1) is 0 Å². The quantitative estimate of drug-likeness (QED) is 0.515. The van der Waals surface area contributed by atoms with Gasteiger partial charge in [0, 0.05) is 5.57 Å². The third-order valence-corrected chi connectivity index (χ3v) is 2.95. The minimum Gasteiger partial charge on any atom is -0.454 e. The molecule has 0 spiro atoms. The summed E-state index contributed by atoms with van der Waals surface area (Å²) < 4.78 is 5.23. The van der Waals surface area contributed by atoms with Crippen LogP contribution in [0.25, 0.3) is 0 Å². The Morgan fingerprint density at radius 3 is 3.00 bits per heavy atom. The second-order valence-electron chi connectivity index (χ2n) is 3.92. The second-order valence-corrected chi connectivity index (χ2v) is 3.92. The molecule has 2 atom stereocenters. The van der Waals surface area contributed by atoms with Crippen molar-refractivity contribution in [2.75, 3.05) is 0 Å². The van der Waals surface area contributed by atoms with Crippen LogP contribution in [0.15, 0.2) is 11.1 Å². The lowest BCUT2D eigenvalue weighted by atomic mass is 9.84. The molecule has 0 aromatic carbocycles. The van der Waals surface area contributed by atoms with Crippen molar-refractivity contribution in [3.8, 4) is 0 Å². The molecule has 1 fully saturated rings. The maximum absolute atomic E-state index is 11.2. The van der Waals surface area contributed by atoms with Crippen LogP contribution in [-0.4, -0.2) is 12.1 Å². The SMILES string of the molecule is CC1=C2CC[C@@H](C)CC2OC1=O. The molecule has 12 heavy (non-hydrogen) atoms. The molecular weight excluding hydrogens is 152 g/mol. The number of carbonyl (C=O) groups excluding carboxylic acids is 1. The van der Waals surface area contributed by atoms with Gasteiger partial charge in [-0.25, -0.2) is 4.79 Å². The monoisotopic (exact) mass is 166 g/mol. The molecular formula is C10H14O2.